The molecule has 606 valence electrons. The first kappa shape index (κ1) is 89.9. The number of aromatic nitrogens is 3. The maximum atomic E-state index is 14.2. The number of benzene rings is 2. The Morgan fingerprint density at radius 3 is 1.67 bits per heavy atom. The van der Waals surface area contributed by atoms with Crippen molar-refractivity contribution in [3.05, 3.63) is 54.1 Å². The molecule has 0 saturated carbocycles. The third kappa shape index (κ3) is 31.3. The molecule has 8 rings (SSSR count). The summed E-state index contributed by atoms with van der Waals surface area (Å²) in [5.74, 6) is -0.523. The van der Waals surface area contributed by atoms with Gasteiger partial charge in [0.15, 0.2) is 5.78 Å². The maximum absolute atomic E-state index is 14.2. The van der Waals surface area contributed by atoms with Crippen LogP contribution in [0.5, 0.6) is 0 Å². The number of nitrogens with one attached hydrogen (secondary N) is 1. The smallest absolute Gasteiger partial charge is 0.390 e. The normalized spacial score (nSPS) is 23.1. The zero-order chi connectivity index (χ0) is 77.5. The summed E-state index contributed by atoms with van der Waals surface area (Å²) in [6.45, 7) is -4.83. The summed E-state index contributed by atoms with van der Waals surface area (Å²) in [6.07, 6.45) is 15.3. The van der Waals surface area contributed by atoms with Crippen molar-refractivity contribution in [1.29, 1.82) is 0 Å². The van der Waals surface area contributed by atoms with Gasteiger partial charge in [-0.05, 0) is 93.4 Å². The first-order valence-corrected chi connectivity index (χ1v) is 46.4. The number of aryl methyl sites for hydroxylation is 1. The molecule has 0 spiro atoms. The van der Waals surface area contributed by atoms with E-state index < -0.39 is 96.9 Å². The van der Waals surface area contributed by atoms with Crippen LogP contribution in [0.25, 0.3) is 22.5 Å². The van der Waals surface area contributed by atoms with Crippen molar-refractivity contribution in [2.75, 3.05) is 77.6 Å². The zero-order valence-electron chi connectivity index (χ0n) is 62.1. The highest BCUT2D eigenvalue weighted by atomic mass is 32.5. The highest BCUT2D eigenvalue weighted by Crippen LogP contribution is 2.52. The Bertz CT molecular complexity index is 3580. The molecular weight excluding hydrogens is 1520 g/mol. The number of para-hydroxylation sites is 1. The number of unbranched alkanes of at least 4 members (excludes halogenated alkanes) is 12. The van der Waals surface area contributed by atoms with Crippen molar-refractivity contribution in [3.8, 4) is 22.5 Å². The summed E-state index contributed by atoms with van der Waals surface area (Å²) < 4.78 is 87.0. The van der Waals surface area contributed by atoms with Crippen LogP contribution in [-0.4, -0.2) is 208 Å². The van der Waals surface area contributed by atoms with Crippen molar-refractivity contribution in [2.45, 2.75) is 255 Å². The van der Waals surface area contributed by atoms with Gasteiger partial charge in [-0.25, -0.2) is 9.25 Å². The molecule has 36 heteroatoms. The fourth-order valence-electron chi connectivity index (χ4n) is 13.4. The molecule has 5 aliphatic rings. The lowest BCUT2D eigenvalue weighted by Crippen LogP contribution is -2.39. The lowest BCUT2D eigenvalue weighted by atomic mass is 9.95. The number of Topliss-reactive ketones (excluding diaryl/α,β-unsaturated/α-hetero) is 4. The van der Waals surface area contributed by atoms with Gasteiger partial charge in [0.25, 0.3) is 0 Å². The van der Waals surface area contributed by atoms with Gasteiger partial charge in [0, 0.05) is 115 Å². The van der Waals surface area contributed by atoms with Crippen LogP contribution in [0.2, 0.25) is 0 Å². The number of phosphoric ester groups is 1. The first-order chi connectivity index (χ1) is 51.7. The molecule has 3 aromatic rings. The molecule has 0 aliphatic carbocycles. The Morgan fingerprint density at radius 2 is 1.08 bits per heavy atom. The Morgan fingerprint density at radius 1 is 0.574 bits per heavy atom. The molecule has 4 saturated heterocycles. The number of hydrogen-bond donors (Lipinski definition) is 6. The van der Waals surface area contributed by atoms with Gasteiger partial charge in [-0.2, -0.15) is 0 Å². The van der Waals surface area contributed by atoms with Gasteiger partial charge in [0.2, 0.25) is 19.4 Å². The maximum Gasteiger partial charge on any atom is 0.472 e. The number of carbonyl (C=O) groups excluding carboxylic acids is 6. The summed E-state index contributed by atoms with van der Waals surface area (Å²) >= 11 is 10.6. The molecule has 0 bridgehead atoms. The molecule has 2 aromatic carbocycles. The van der Waals surface area contributed by atoms with E-state index in [-0.39, 0.29) is 139 Å². The second-order valence-corrected chi connectivity index (χ2v) is 36.7. The predicted octanol–water partition coefficient (Wildman–Crippen LogP) is 10.7. The van der Waals surface area contributed by atoms with Crippen molar-refractivity contribution >= 4 is 99.4 Å². The van der Waals surface area contributed by atoms with Gasteiger partial charge in [0.05, 0.1) is 94.6 Å². The SMILES string of the molecule is C=P(O)(OC[C@H]1OCC[C@H]1O)O[C@H]1CCO[C@H]1COP(O)(=S)O[C@@H]1CCO[C@@H]1COP(O)(=S)O[C@H]1CCO[C@H]1COP(=O)(O)OCCC(=O)CCOCCC(=O)CCCC(=O)N1Cc2ccccc2-c2c(nnn2CCCC[C@@H](NC(C)=O)C(=O)CCCCCCCCCCCCCCC(C)=O)-c2ccccc21. The molecular formula is C72H111N5O25P4S2. The van der Waals surface area contributed by atoms with E-state index in [4.69, 9.17) is 88.6 Å². The first-order valence-electron chi connectivity index (χ1n) is 37.9. The summed E-state index contributed by atoms with van der Waals surface area (Å²) in [6, 6.07) is 14.8. The van der Waals surface area contributed by atoms with Crippen molar-refractivity contribution in [2.24, 2.45) is 0 Å². The Hall–Kier alpha value is -3.69. The van der Waals surface area contributed by atoms with E-state index in [0.29, 0.717) is 75.9 Å². The van der Waals surface area contributed by atoms with Crippen molar-refractivity contribution in [1.82, 2.24) is 20.3 Å². The number of aliphatic hydroxyl groups is 1. The number of fused-ring (bicyclic) bond motifs is 5. The minimum Gasteiger partial charge on any atom is -0.390 e. The Kier molecular flexibility index (Phi) is 38.3. The average Bonchev–Trinajstić information content (AvgIpc) is 1.45. The van der Waals surface area contributed by atoms with Gasteiger partial charge in [-0.3, -0.25) is 33.0 Å². The van der Waals surface area contributed by atoms with Crippen LogP contribution in [0, 0.1) is 0 Å². The molecule has 4 fully saturated rings. The molecule has 4 unspecified atom stereocenters. The van der Waals surface area contributed by atoms with E-state index in [9.17, 15) is 58.0 Å². The van der Waals surface area contributed by atoms with Crippen LogP contribution < -0.4 is 10.2 Å². The quantitative estimate of drug-likeness (QED) is 0.0226. The monoisotopic (exact) mass is 1630 g/mol. The standard InChI is InChI=1S/C72H111N5O25P4S2/c1-52(78)23-14-12-10-8-6-4-5-7-9-11-13-15-30-61(82)59(73-53(2)79)28-20-21-39-77-72-57-26-17-16-24-54(57)47-76(60-29-19-18-27-58(60)71(72)74-75-77)70(84)31-22-25-55(80)32-40-90-41-33-56(81)34-46-95-104(86,87)97-49-67-64(37-44-92-67)101-106(89,108)99-51-69-65(38-45-94-69)102-105(88,107)98-50-68-63(36-43-93-68)100-103(3,85)96-48-66-62(83)35-42-91-66/h16-19,24,26-27,29,59,62-69,83,85H,3-15,20-23,25,28,30-51H2,1-2H3,(H,73,79)(H,86,87)(H,88,107)(H,89,108)/t59-,62-,63+,64+,65-,66-,67+,68+,69-,103?,105?,106?/m1/s1. The van der Waals surface area contributed by atoms with E-state index in [1.165, 1.54) is 45.4 Å². The number of phosphoric acid groups is 1. The summed E-state index contributed by atoms with van der Waals surface area (Å²) in [4.78, 5) is 122. The van der Waals surface area contributed by atoms with E-state index in [1.807, 2.05) is 53.2 Å². The van der Waals surface area contributed by atoms with Crippen molar-refractivity contribution < 1.29 is 118 Å². The highest BCUT2D eigenvalue weighted by Gasteiger charge is 2.42. The molecule has 5 aliphatic heterocycles. The number of ether oxygens (including phenoxy) is 5. The van der Waals surface area contributed by atoms with Crippen LogP contribution in [0.15, 0.2) is 48.5 Å². The molecule has 6 N–H and O–H groups in total. The fraction of sp³-hybridized carbons (Fsp3) is 0.708. The lowest BCUT2D eigenvalue weighted by Gasteiger charge is -2.28. The van der Waals surface area contributed by atoms with Crippen LogP contribution in [0.3, 0.4) is 0 Å². The predicted molar refractivity (Wildman–Crippen MR) is 409 cm³/mol. The summed E-state index contributed by atoms with van der Waals surface area (Å²) in [5, 5.41) is 22.2. The fourth-order valence-corrected chi connectivity index (χ4v) is 18.3. The second kappa shape index (κ2) is 46.0. The number of aliphatic hydroxyl groups excluding tert-OH is 1. The van der Waals surface area contributed by atoms with E-state index in [1.54, 1.807) is 11.8 Å². The third-order valence-corrected chi connectivity index (χ3v) is 24.6. The van der Waals surface area contributed by atoms with Crippen molar-refractivity contribution in [3.63, 3.8) is 0 Å². The Balaban J connectivity index is 0.674. The van der Waals surface area contributed by atoms with Crippen LogP contribution >= 0.6 is 28.8 Å². The number of ketones is 4. The second-order valence-electron chi connectivity index (χ2n) is 28.0. The molecule has 6 heterocycles. The zero-order valence-corrected chi connectivity index (χ0v) is 67.3. The van der Waals surface area contributed by atoms with E-state index in [0.717, 1.165) is 60.9 Å². The topological polar surface area (TPSA) is 387 Å². The minimum absolute atomic E-state index is 0.0111. The molecule has 0 radical (unpaired) electrons. The number of nitrogens with zero attached hydrogens (tertiary/aromatic N) is 4. The minimum atomic E-state index is -4.72. The van der Waals surface area contributed by atoms with Gasteiger partial charge in [-0.15, -0.1) is 5.10 Å². The average molecular weight is 1630 g/mol. The van der Waals surface area contributed by atoms with Crippen LogP contribution in [0.1, 0.15) is 193 Å². The highest BCUT2D eigenvalue weighted by molar-refractivity contribution is 8.07. The molecule has 1 aromatic heterocycles. The lowest BCUT2D eigenvalue weighted by molar-refractivity contribution is -0.127. The van der Waals surface area contributed by atoms with Crippen LogP contribution in [0.4, 0.5) is 5.69 Å². The van der Waals surface area contributed by atoms with Gasteiger partial charge in [0.1, 0.15) is 47.5 Å². The number of rotatable bonds is 54. The van der Waals surface area contributed by atoms with Crippen LogP contribution in [-0.2, 0) is 130 Å². The summed E-state index contributed by atoms with van der Waals surface area (Å²) in [5.41, 5.74) is 4.61. The van der Waals surface area contributed by atoms with E-state index in [2.05, 4.69) is 16.8 Å². The molecule has 2 amide bonds. The Labute approximate surface area is 643 Å². The largest absolute Gasteiger partial charge is 0.472 e. The molecule has 30 nitrogen and oxygen atoms in total. The molecule has 13 atom stereocenters. The van der Waals surface area contributed by atoms with Gasteiger partial charge >= 0.3 is 21.3 Å². The van der Waals surface area contributed by atoms with Gasteiger partial charge < -0.3 is 90.5 Å². The summed E-state index contributed by atoms with van der Waals surface area (Å²) in [7, 11) is -8.33. The number of carbonyl (C=O) groups is 6. The number of anilines is 1. The number of hydrogen-bond acceptors (Lipinski definition) is 26. The van der Waals surface area contributed by atoms with E-state index >= 15 is 0 Å². The van der Waals surface area contributed by atoms with Gasteiger partial charge in [-0.1, -0.05) is 112 Å². The molecule has 108 heavy (non-hydrogen) atoms. The third-order valence-electron chi connectivity index (χ3n) is 19.3. The number of amides is 2.